The number of hydrogen-bond acceptors (Lipinski definition) is 1. The molecule has 1 fully saturated rings. The molecule has 1 unspecified atom stereocenters. The molecule has 2 atom stereocenters. The maximum atomic E-state index is 8.97. The summed E-state index contributed by atoms with van der Waals surface area (Å²) in [6.07, 6.45) is 0.898. The van der Waals surface area contributed by atoms with Crippen molar-refractivity contribution in [2.75, 3.05) is 6.61 Å². The van der Waals surface area contributed by atoms with Crippen LogP contribution in [0.3, 0.4) is 0 Å². The van der Waals surface area contributed by atoms with Crippen LogP contribution in [0.5, 0.6) is 0 Å². The molecule has 1 saturated carbocycles. The molecule has 1 N–H and O–H groups in total. The lowest BCUT2D eigenvalue weighted by Gasteiger charge is -2.03. The largest absolute Gasteiger partial charge is 0.395 e. The lowest BCUT2D eigenvalue weighted by atomic mass is 10.1. The van der Waals surface area contributed by atoms with Gasteiger partial charge in [0.2, 0.25) is 0 Å². The average Bonchev–Trinajstić information content (AvgIpc) is 2.81. The Kier molecular flexibility index (Phi) is 1.85. The van der Waals surface area contributed by atoms with Crippen LogP contribution in [0.1, 0.15) is 17.9 Å². The van der Waals surface area contributed by atoms with Crippen molar-refractivity contribution < 1.29 is 5.11 Å². The summed E-state index contributed by atoms with van der Waals surface area (Å²) >= 11 is 6.08. The zero-order chi connectivity index (χ0) is 8.60. The van der Waals surface area contributed by atoms with E-state index in [4.69, 9.17) is 16.7 Å². The van der Waals surface area contributed by atoms with E-state index in [-0.39, 0.29) is 11.5 Å². The first-order valence-corrected chi connectivity index (χ1v) is 4.49. The molecule has 0 aromatic heterocycles. The fourth-order valence-electron chi connectivity index (χ4n) is 1.56. The minimum absolute atomic E-state index is 0.0775. The van der Waals surface area contributed by atoms with E-state index < -0.39 is 0 Å². The summed E-state index contributed by atoms with van der Waals surface area (Å²) in [4.78, 5) is -0.360. The second-order valence-corrected chi connectivity index (χ2v) is 4.11. The van der Waals surface area contributed by atoms with Gasteiger partial charge in [-0.1, -0.05) is 30.3 Å². The van der Waals surface area contributed by atoms with Gasteiger partial charge in [0.15, 0.2) is 0 Å². The third-order valence-corrected chi connectivity index (χ3v) is 3.01. The SMILES string of the molecule is OCC1(Cl)C[C@@H]1c1ccccc1. The molecule has 2 heteroatoms. The molecule has 1 aromatic rings. The normalized spacial score (nSPS) is 33.3. The highest BCUT2D eigenvalue weighted by molar-refractivity contribution is 6.27. The van der Waals surface area contributed by atoms with Gasteiger partial charge in [0.1, 0.15) is 0 Å². The van der Waals surface area contributed by atoms with Crippen LogP contribution < -0.4 is 0 Å². The van der Waals surface area contributed by atoms with Gasteiger partial charge in [-0.15, -0.1) is 11.6 Å². The Hall–Kier alpha value is -0.530. The lowest BCUT2D eigenvalue weighted by molar-refractivity contribution is 0.284. The molecule has 12 heavy (non-hydrogen) atoms. The Morgan fingerprint density at radius 2 is 2.08 bits per heavy atom. The Morgan fingerprint density at radius 3 is 2.58 bits per heavy atom. The highest BCUT2D eigenvalue weighted by atomic mass is 35.5. The highest BCUT2D eigenvalue weighted by Gasteiger charge is 2.53. The van der Waals surface area contributed by atoms with Crippen molar-refractivity contribution in [1.29, 1.82) is 0 Å². The maximum Gasteiger partial charge on any atom is 0.0752 e. The zero-order valence-electron chi connectivity index (χ0n) is 6.70. The minimum Gasteiger partial charge on any atom is -0.395 e. The molecule has 1 nitrogen and oxygen atoms in total. The van der Waals surface area contributed by atoms with Gasteiger partial charge < -0.3 is 5.11 Å². The molecule has 1 aliphatic carbocycles. The standard InChI is InChI=1S/C10H11ClO/c11-10(7-12)6-9(10)8-4-2-1-3-5-8/h1-5,9,12H,6-7H2/t9-,10?/m1/s1. The third kappa shape index (κ3) is 1.23. The Labute approximate surface area is 77.0 Å². The van der Waals surface area contributed by atoms with E-state index in [1.807, 2.05) is 18.2 Å². The van der Waals surface area contributed by atoms with E-state index in [0.717, 1.165) is 6.42 Å². The van der Waals surface area contributed by atoms with Crippen LogP contribution >= 0.6 is 11.6 Å². The van der Waals surface area contributed by atoms with Gasteiger partial charge in [-0.25, -0.2) is 0 Å². The summed E-state index contributed by atoms with van der Waals surface area (Å²) in [6, 6.07) is 10.1. The van der Waals surface area contributed by atoms with Crippen LogP contribution in [-0.2, 0) is 0 Å². The molecule has 1 aromatic carbocycles. The number of aliphatic hydroxyl groups excluding tert-OH is 1. The molecule has 2 rings (SSSR count). The first-order valence-electron chi connectivity index (χ1n) is 4.11. The summed E-state index contributed by atoms with van der Waals surface area (Å²) in [5, 5.41) is 8.97. The maximum absolute atomic E-state index is 8.97. The number of rotatable bonds is 2. The molecule has 0 spiro atoms. The van der Waals surface area contributed by atoms with E-state index in [2.05, 4.69) is 12.1 Å². The van der Waals surface area contributed by atoms with Crippen molar-refractivity contribution in [2.24, 2.45) is 0 Å². The molecule has 0 aliphatic heterocycles. The predicted octanol–water partition coefficient (Wildman–Crippen LogP) is 2.14. The summed E-state index contributed by atoms with van der Waals surface area (Å²) in [5.41, 5.74) is 1.24. The predicted molar refractivity (Wildman–Crippen MR) is 49.5 cm³/mol. The van der Waals surface area contributed by atoms with Gasteiger partial charge in [-0.3, -0.25) is 0 Å². The average molecular weight is 183 g/mol. The first kappa shape index (κ1) is 8.09. The van der Waals surface area contributed by atoms with Crippen LogP contribution in [0.25, 0.3) is 0 Å². The molecule has 0 heterocycles. The smallest absolute Gasteiger partial charge is 0.0752 e. The van der Waals surface area contributed by atoms with Crippen molar-refractivity contribution in [1.82, 2.24) is 0 Å². The number of halogens is 1. The van der Waals surface area contributed by atoms with E-state index >= 15 is 0 Å². The van der Waals surface area contributed by atoms with Crippen LogP contribution in [0.2, 0.25) is 0 Å². The fraction of sp³-hybridized carbons (Fsp3) is 0.400. The number of aliphatic hydroxyl groups is 1. The number of hydrogen-bond donors (Lipinski definition) is 1. The number of benzene rings is 1. The van der Waals surface area contributed by atoms with Crippen LogP contribution in [-0.4, -0.2) is 16.6 Å². The molecule has 64 valence electrons. The molecule has 0 radical (unpaired) electrons. The van der Waals surface area contributed by atoms with E-state index in [1.165, 1.54) is 5.56 Å². The number of alkyl halides is 1. The second-order valence-electron chi connectivity index (χ2n) is 3.36. The van der Waals surface area contributed by atoms with Gasteiger partial charge in [-0.2, -0.15) is 0 Å². The van der Waals surface area contributed by atoms with Crippen molar-refractivity contribution >= 4 is 11.6 Å². The monoisotopic (exact) mass is 182 g/mol. The van der Waals surface area contributed by atoms with Crippen molar-refractivity contribution in [3.8, 4) is 0 Å². The van der Waals surface area contributed by atoms with E-state index in [1.54, 1.807) is 0 Å². The van der Waals surface area contributed by atoms with Crippen molar-refractivity contribution in [2.45, 2.75) is 17.2 Å². The summed E-state index contributed by atoms with van der Waals surface area (Å²) in [5.74, 6) is 0.352. The van der Waals surface area contributed by atoms with Crippen LogP contribution in [0, 0.1) is 0 Å². The zero-order valence-corrected chi connectivity index (χ0v) is 7.46. The lowest BCUT2D eigenvalue weighted by Crippen LogP contribution is -2.07. The van der Waals surface area contributed by atoms with E-state index in [9.17, 15) is 0 Å². The van der Waals surface area contributed by atoms with Gasteiger partial charge >= 0.3 is 0 Å². The van der Waals surface area contributed by atoms with Gasteiger partial charge in [-0.05, 0) is 12.0 Å². The highest BCUT2D eigenvalue weighted by Crippen LogP contribution is 2.55. The molecular formula is C10H11ClO. The summed E-state index contributed by atoms with van der Waals surface area (Å²) in [6.45, 7) is 0.0775. The van der Waals surface area contributed by atoms with Gasteiger partial charge in [0.05, 0.1) is 11.5 Å². The summed E-state index contributed by atoms with van der Waals surface area (Å²) in [7, 11) is 0. The molecule has 0 amide bonds. The third-order valence-electron chi connectivity index (χ3n) is 2.47. The molecule has 1 aliphatic rings. The van der Waals surface area contributed by atoms with Crippen molar-refractivity contribution in [3.63, 3.8) is 0 Å². The Bertz CT molecular complexity index is 272. The minimum atomic E-state index is -0.360. The van der Waals surface area contributed by atoms with Crippen LogP contribution in [0.15, 0.2) is 30.3 Å². The summed E-state index contributed by atoms with van der Waals surface area (Å²) < 4.78 is 0. The first-order chi connectivity index (χ1) is 5.76. The fourth-order valence-corrected chi connectivity index (χ4v) is 1.84. The molecular weight excluding hydrogens is 172 g/mol. The Morgan fingerprint density at radius 1 is 1.42 bits per heavy atom. The van der Waals surface area contributed by atoms with Gasteiger partial charge in [0, 0.05) is 5.92 Å². The van der Waals surface area contributed by atoms with E-state index in [0.29, 0.717) is 5.92 Å². The molecule has 0 saturated heterocycles. The van der Waals surface area contributed by atoms with Crippen molar-refractivity contribution in [3.05, 3.63) is 35.9 Å². The van der Waals surface area contributed by atoms with Gasteiger partial charge in [0.25, 0.3) is 0 Å². The second kappa shape index (κ2) is 2.75. The Balaban J connectivity index is 2.16. The molecule has 0 bridgehead atoms. The topological polar surface area (TPSA) is 20.2 Å². The van der Waals surface area contributed by atoms with Crippen LogP contribution in [0.4, 0.5) is 0 Å². The quantitative estimate of drug-likeness (QED) is 0.695.